The van der Waals surface area contributed by atoms with Crippen molar-refractivity contribution in [3.05, 3.63) is 59.1 Å². The molecule has 1 aromatic carbocycles. The fourth-order valence-corrected chi connectivity index (χ4v) is 3.21. The van der Waals surface area contributed by atoms with Crippen LogP contribution in [0.2, 0.25) is 10.0 Å². The SMILES string of the molecule is O=C(Nc1c(Cl)cccc1Cl)C1CN(c2cc(-n3cccn3)ncn2)C1. The fraction of sp³-hybridized carbons (Fsp3) is 0.176. The number of anilines is 2. The molecule has 1 aliphatic rings. The average Bonchev–Trinajstić information content (AvgIpc) is 3.12. The summed E-state index contributed by atoms with van der Waals surface area (Å²) >= 11 is 12.2. The number of nitrogens with zero attached hydrogens (tertiary/aromatic N) is 5. The van der Waals surface area contributed by atoms with Gasteiger partial charge in [-0.05, 0) is 18.2 Å². The molecule has 1 saturated heterocycles. The number of rotatable bonds is 4. The maximum atomic E-state index is 12.4. The molecule has 0 radical (unpaired) electrons. The molecule has 26 heavy (non-hydrogen) atoms. The lowest BCUT2D eigenvalue weighted by Crippen LogP contribution is -2.52. The quantitative estimate of drug-likeness (QED) is 0.743. The van der Waals surface area contributed by atoms with Crippen LogP contribution in [-0.2, 0) is 4.79 Å². The van der Waals surface area contributed by atoms with Crippen molar-refractivity contribution in [1.29, 1.82) is 0 Å². The summed E-state index contributed by atoms with van der Waals surface area (Å²) in [6, 6.07) is 8.77. The lowest BCUT2D eigenvalue weighted by atomic mass is 9.99. The van der Waals surface area contributed by atoms with Gasteiger partial charge in [0, 0.05) is 31.5 Å². The van der Waals surface area contributed by atoms with Crippen molar-refractivity contribution in [1.82, 2.24) is 19.7 Å². The van der Waals surface area contributed by atoms with Crippen LogP contribution in [0, 0.1) is 5.92 Å². The van der Waals surface area contributed by atoms with Gasteiger partial charge < -0.3 is 10.2 Å². The number of para-hydroxylation sites is 1. The van der Waals surface area contributed by atoms with Gasteiger partial charge in [0.25, 0.3) is 0 Å². The Labute approximate surface area is 159 Å². The number of hydrogen-bond donors (Lipinski definition) is 1. The van der Waals surface area contributed by atoms with Gasteiger partial charge in [0.05, 0.1) is 21.7 Å². The molecule has 0 saturated carbocycles. The normalized spacial score (nSPS) is 14.2. The van der Waals surface area contributed by atoms with Gasteiger partial charge in [0.1, 0.15) is 12.1 Å². The van der Waals surface area contributed by atoms with Crippen molar-refractivity contribution in [2.24, 2.45) is 5.92 Å². The van der Waals surface area contributed by atoms with Crippen molar-refractivity contribution in [2.75, 3.05) is 23.3 Å². The molecule has 0 spiro atoms. The lowest BCUT2D eigenvalue weighted by Gasteiger charge is -2.39. The van der Waals surface area contributed by atoms with E-state index < -0.39 is 0 Å². The zero-order chi connectivity index (χ0) is 18.1. The molecule has 1 aliphatic heterocycles. The van der Waals surface area contributed by atoms with Crippen molar-refractivity contribution in [3.63, 3.8) is 0 Å². The number of nitrogens with one attached hydrogen (secondary N) is 1. The van der Waals surface area contributed by atoms with Gasteiger partial charge in [-0.25, -0.2) is 14.6 Å². The second kappa shape index (κ2) is 6.93. The molecule has 0 unspecified atom stereocenters. The van der Waals surface area contributed by atoms with Crippen molar-refractivity contribution in [2.45, 2.75) is 0 Å². The topological polar surface area (TPSA) is 75.9 Å². The van der Waals surface area contributed by atoms with Gasteiger partial charge in [-0.15, -0.1) is 0 Å². The summed E-state index contributed by atoms with van der Waals surface area (Å²) in [5.41, 5.74) is 0.447. The van der Waals surface area contributed by atoms with Crippen LogP contribution >= 0.6 is 23.2 Å². The molecule has 3 heterocycles. The van der Waals surface area contributed by atoms with E-state index >= 15 is 0 Å². The monoisotopic (exact) mass is 388 g/mol. The number of carbonyl (C=O) groups is 1. The van der Waals surface area contributed by atoms with E-state index in [0.717, 1.165) is 5.82 Å². The molecule has 7 nitrogen and oxygen atoms in total. The summed E-state index contributed by atoms with van der Waals surface area (Å²) in [6.07, 6.45) is 4.99. The lowest BCUT2D eigenvalue weighted by molar-refractivity contribution is -0.120. The van der Waals surface area contributed by atoms with E-state index in [9.17, 15) is 4.79 Å². The summed E-state index contributed by atoms with van der Waals surface area (Å²) in [5.74, 6) is 1.16. The number of carbonyl (C=O) groups excluding carboxylic acids is 1. The summed E-state index contributed by atoms with van der Waals surface area (Å²) in [6.45, 7) is 1.12. The summed E-state index contributed by atoms with van der Waals surface area (Å²) in [7, 11) is 0. The van der Waals surface area contributed by atoms with Gasteiger partial charge >= 0.3 is 0 Å². The summed E-state index contributed by atoms with van der Waals surface area (Å²) in [4.78, 5) is 22.9. The van der Waals surface area contributed by atoms with E-state index in [1.165, 1.54) is 6.33 Å². The van der Waals surface area contributed by atoms with Gasteiger partial charge in [0.15, 0.2) is 5.82 Å². The van der Waals surface area contributed by atoms with Crippen molar-refractivity contribution >= 4 is 40.6 Å². The molecule has 4 rings (SSSR count). The Balaban J connectivity index is 1.41. The molecule has 9 heteroatoms. The maximum Gasteiger partial charge on any atom is 0.231 e. The van der Waals surface area contributed by atoms with Crippen molar-refractivity contribution < 1.29 is 4.79 Å². The smallest absolute Gasteiger partial charge is 0.231 e. The van der Waals surface area contributed by atoms with Crippen LogP contribution in [0.5, 0.6) is 0 Å². The van der Waals surface area contributed by atoms with E-state index in [-0.39, 0.29) is 11.8 Å². The van der Waals surface area contributed by atoms with Gasteiger partial charge in [-0.2, -0.15) is 5.10 Å². The largest absolute Gasteiger partial charge is 0.355 e. The number of amides is 1. The summed E-state index contributed by atoms with van der Waals surface area (Å²) < 4.78 is 1.66. The van der Waals surface area contributed by atoms with Crippen LogP contribution in [0.3, 0.4) is 0 Å². The minimum Gasteiger partial charge on any atom is -0.355 e. The molecule has 0 bridgehead atoms. The third-order valence-corrected chi connectivity index (χ3v) is 4.79. The average molecular weight is 389 g/mol. The van der Waals surface area contributed by atoms with Gasteiger partial charge in [-0.1, -0.05) is 29.3 Å². The fourth-order valence-electron chi connectivity index (χ4n) is 2.71. The zero-order valence-corrected chi connectivity index (χ0v) is 15.0. The Kier molecular flexibility index (Phi) is 4.48. The van der Waals surface area contributed by atoms with Crippen LogP contribution in [0.25, 0.3) is 5.82 Å². The molecule has 1 fully saturated rings. The third kappa shape index (κ3) is 3.23. The molecule has 0 aliphatic carbocycles. The number of benzene rings is 1. The highest BCUT2D eigenvalue weighted by atomic mass is 35.5. The Hall–Kier alpha value is -2.64. The Morgan fingerprint density at radius 2 is 1.85 bits per heavy atom. The molecule has 1 N–H and O–H groups in total. The van der Waals surface area contributed by atoms with Crippen LogP contribution in [0.15, 0.2) is 49.1 Å². The minimum atomic E-state index is -0.162. The first-order chi connectivity index (χ1) is 12.6. The molecule has 1 amide bonds. The zero-order valence-electron chi connectivity index (χ0n) is 13.5. The van der Waals surface area contributed by atoms with Gasteiger partial charge in [-0.3, -0.25) is 4.79 Å². The first-order valence-corrected chi connectivity index (χ1v) is 8.69. The van der Waals surface area contributed by atoms with E-state index in [0.29, 0.717) is 34.6 Å². The van der Waals surface area contributed by atoms with E-state index in [1.54, 1.807) is 29.1 Å². The van der Waals surface area contributed by atoms with Crippen molar-refractivity contribution in [3.8, 4) is 5.82 Å². The molecule has 3 aromatic rings. The predicted octanol–water partition coefficient (Wildman–Crippen LogP) is 3.04. The first-order valence-electron chi connectivity index (χ1n) is 7.93. The standard InChI is InChI=1S/C17H14Cl2N6O/c18-12-3-1-4-13(19)16(12)23-17(26)11-8-24(9-11)14-7-15(21-10-20-14)25-6-2-5-22-25/h1-7,10-11H,8-9H2,(H,23,26). The molecule has 132 valence electrons. The first kappa shape index (κ1) is 16.8. The Morgan fingerprint density at radius 3 is 2.54 bits per heavy atom. The molecule has 0 atom stereocenters. The maximum absolute atomic E-state index is 12.4. The second-order valence-electron chi connectivity index (χ2n) is 5.87. The minimum absolute atomic E-state index is 0.113. The molecular weight excluding hydrogens is 375 g/mol. The van der Waals surface area contributed by atoms with Crippen LogP contribution < -0.4 is 10.2 Å². The van der Waals surface area contributed by atoms with Gasteiger partial charge in [0.2, 0.25) is 5.91 Å². The number of halogens is 2. The number of hydrogen-bond acceptors (Lipinski definition) is 5. The Morgan fingerprint density at radius 1 is 1.12 bits per heavy atom. The molecule has 2 aromatic heterocycles. The second-order valence-corrected chi connectivity index (χ2v) is 6.69. The highest BCUT2D eigenvalue weighted by Crippen LogP contribution is 2.31. The Bertz CT molecular complexity index is 920. The highest BCUT2D eigenvalue weighted by molar-refractivity contribution is 6.39. The van der Waals surface area contributed by atoms with Crippen LogP contribution in [-0.4, -0.2) is 38.7 Å². The van der Waals surface area contributed by atoms with E-state index in [2.05, 4.69) is 20.4 Å². The summed E-state index contributed by atoms with van der Waals surface area (Å²) in [5, 5.41) is 7.80. The van der Waals surface area contributed by atoms with E-state index in [4.69, 9.17) is 23.2 Å². The van der Waals surface area contributed by atoms with Crippen LogP contribution in [0.4, 0.5) is 11.5 Å². The van der Waals surface area contributed by atoms with Crippen LogP contribution in [0.1, 0.15) is 0 Å². The number of aromatic nitrogens is 4. The predicted molar refractivity (Wildman–Crippen MR) is 99.9 cm³/mol. The molecular formula is C17H14Cl2N6O. The van der Waals surface area contributed by atoms with E-state index in [1.807, 2.05) is 23.2 Å². The third-order valence-electron chi connectivity index (χ3n) is 4.16. The highest BCUT2D eigenvalue weighted by Gasteiger charge is 2.34.